The molecule has 0 saturated carbocycles. The summed E-state index contributed by atoms with van der Waals surface area (Å²) in [6, 6.07) is 15.7. The molecule has 0 spiro atoms. The second-order valence-corrected chi connectivity index (χ2v) is 11.7. The van der Waals surface area contributed by atoms with E-state index >= 15 is 0 Å². The first kappa shape index (κ1) is 25.7. The molecule has 0 N–H and O–H groups in total. The van der Waals surface area contributed by atoms with E-state index in [-0.39, 0.29) is 17.2 Å². The average Bonchev–Trinajstić information content (AvgIpc) is 3.32. The van der Waals surface area contributed by atoms with Crippen LogP contribution in [0.4, 0.5) is 0 Å². The van der Waals surface area contributed by atoms with Crippen LogP contribution in [-0.4, -0.2) is 52.8 Å². The van der Waals surface area contributed by atoms with Crippen LogP contribution < -0.4 is 4.74 Å². The number of benzene rings is 2. The number of fused-ring (bicyclic) bond motifs is 1. The fourth-order valence-electron chi connectivity index (χ4n) is 5.29. The van der Waals surface area contributed by atoms with Gasteiger partial charge in [-0.1, -0.05) is 41.9 Å². The summed E-state index contributed by atoms with van der Waals surface area (Å²) in [5, 5.41) is 3.54. The SMILES string of the molecule is Cc1nc(CC(=O)N2CCC(COc3cccc(Cl)c3)(CC(=O)N3CCc4ccccc4C3)CC2)cs1. The second-order valence-electron chi connectivity index (χ2n) is 10.2. The van der Waals surface area contributed by atoms with Crippen molar-refractivity contribution in [2.24, 2.45) is 5.41 Å². The van der Waals surface area contributed by atoms with Gasteiger partial charge >= 0.3 is 0 Å². The summed E-state index contributed by atoms with van der Waals surface area (Å²) < 4.78 is 6.20. The minimum Gasteiger partial charge on any atom is -0.493 e. The van der Waals surface area contributed by atoms with Gasteiger partial charge in [0.2, 0.25) is 11.8 Å². The van der Waals surface area contributed by atoms with Gasteiger partial charge in [-0.3, -0.25) is 9.59 Å². The summed E-state index contributed by atoms with van der Waals surface area (Å²) in [6.07, 6.45) is 3.04. The number of carbonyl (C=O) groups excluding carboxylic acids is 2. The Bertz CT molecular complexity index is 1270. The van der Waals surface area contributed by atoms with Crippen LogP contribution in [0.1, 0.15) is 41.1 Å². The summed E-state index contributed by atoms with van der Waals surface area (Å²) in [5.41, 5.74) is 3.04. The van der Waals surface area contributed by atoms with Crippen LogP contribution in [0.2, 0.25) is 5.02 Å². The van der Waals surface area contributed by atoms with Crippen molar-refractivity contribution in [3.63, 3.8) is 0 Å². The van der Waals surface area contributed by atoms with Crippen LogP contribution in [0.5, 0.6) is 5.75 Å². The van der Waals surface area contributed by atoms with Gasteiger partial charge in [0.25, 0.3) is 0 Å². The van der Waals surface area contributed by atoms with Gasteiger partial charge < -0.3 is 14.5 Å². The van der Waals surface area contributed by atoms with Gasteiger partial charge in [-0.25, -0.2) is 4.98 Å². The lowest BCUT2D eigenvalue weighted by atomic mass is 9.75. The number of amides is 2. The molecule has 8 heteroatoms. The zero-order chi connectivity index (χ0) is 25.8. The number of halogens is 1. The third-order valence-electron chi connectivity index (χ3n) is 7.53. The molecule has 5 rings (SSSR count). The molecule has 2 aliphatic heterocycles. The highest BCUT2D eigenvalue weighted by Crippen LogP contribution is 2.37. The smallest absolute Gasteiger partial charge is 0.228 e. The number of thiazole rings is 1. The lowest BCUT2D eigenvalue weighted by molar-refractivity contribution is -0.138. The standard InChI is InChI=1S/C29H32ClN3O3S/c1-21-31-25(19-37-21)16-27(34)32-13-10-29(11-14-32,20-36-26-8-4-7-24(30)15-26)17-28(35)33-12-9-22-5-2-3-6-23(22)18-33/h2-8,15,19H,9-14,16-18,20H2,1H3. The minimum absolute atomic E-state index is 0.0913. The van der Waals surface area contributed by atoms with Crippen LogP contribution in [0.15, 0.2) is 53.9 Å². The van der Waals surface area contributed by atoms with Crippen molar-refractivity contribution >= 4 is 34.8 Å². The van der Waals surface area contributed by atoms with Crippen LogP contribution in [0, 0.1) is 12.3 Å². The molecule has 3 heterocycles. The quantitative estimate of drug-likeness (QED) is 0.410. The van der Waals surface area contributed by atoms with E-state index in [1.165, 1.54) is 11.1 Å². The molecular weight excluding hydrogens is 506 g/mol. The average molecular weight is 538 g/mol. The number of piperidine rings is 1. The van der Waals surface area contributed by atoms with E-state index in [2.05, 4.69) is 23.2 Å². The van der Waals surface area contributed by atoms with Crippen molar-refractivity contribution < 1.29 is 14.3 Å². The van der Waals surface area contributed by atoms with Crippen LogP contribution in [-0.2, 0) is 29.0 Å². The summed E-state index contributed by atoms with van der Waals surface area (Å²) >= 11 is 7.73. The molecule has 0 radical (unpaired) electrons. The Morgan fingerprint density at radius 1 is 1.03 bits per heavy atom. The normalized spacial score (nSPS) is 16.8. The summed E-state index contributed by atoms with van der Waals surface area (Å²) in [4.78, 5) is 34.9. The number of aromatic nitrogens is 1. The van der Waals surface area contributed by atoms with Gasteiger partial charge in [-0.2, -0.15) is 0 Å². The molecule has 2 aromatic carbocycles. The lowest BCUT2D eigenvalue weighted by Crippen LogP contribution is -2.48. The third-order valence-corrected chi connectivity index (χ3v) is 8.58. The maximum Gasteiger partial charge on any atom is 0.228 e. The molecule has 1 saturated heterocycles. The summed E-state index contributed by atoms with van der Waals surface area (Å²) in [6.45, 7) is 4.97. The van der Waals surface area contributed by atoms with Crippen LogP contribution in [0.25, 0.3) is 0 Å². The maximum absolute atomic E-state index is 13.6. The first-order valence-electron chi connectivity index (χ1n) is 12.8. The Balaban J connectivity index is 1.26. The molecule has 1 fully saturated rings. The molecule has 37 heavy (non-hydrogen) atoms. The van der Waals surface area contributed by atoms with E-state index < -0.39 is 0 Å². The van der Waals surface area contributed by atoms with E-state index in [4.69, 9.17) is 16.3 Å². The monoisotopic (exact) mass is 537 g/mol. The van der Waals surface area contributed by atoms with Gasteiger partial charge in [0.15, 0.2) is 0 Å². The highest BCUT2D eigenvalue weighted by Gasteiger charge is 2.40. The van der Waals surface area contributed by atoms with Gasteiger partial charge in [0.1, 0.15) is 5.75 Å². The molecule has 0 atom stereocenters. The maximum atomic E-state index is 13.6. The van der Waals surface area contributed by atoms with Crippen LogP contribution in [0.3, 0.4) is 0 Å². The number of nitrogens with zero attached hydrogens (tertiary/aromatic N) is 3. The number of ether oxygens (including phenoxy) is 1. The second kappa shape index (κ2) is 11.2. The zero-order valence-electron chi connectivity index (χ0n) is 21.1. The molecule has 194 valence electrons. The molecule has 6 nitrogen and oxygen atoms in total. The predicted octanol–water partition coefficient (Wildman–Crippen LogP) is 5.31. The van der Waals surface area contributed by atoms with Gasteiger partial charge in [0, 0.05) is 48.4 Å². The molecule has 0 bridgehead atoms. The summed E-state index contributed by atoms with van der Waals surface area (Å²) in [7, 11) is 0. The number of aryl methyl sites for hydroxylation is 1. The van der Waals surface area contributed by atoms with Gasteiger partial charge in [-0.15, -0.1) is 11.3 Å². The first-order valence-corrected chi connectivity index (χ1v) is 14.1. The van der Waals surface area contributed by atoms with Gasteiger partial charge in [-0.05, 0) is 55.5 Å². The third kappa shape index (κ3) is 6.33. The topological polar surface area (TPSA) is 62.7 Å². The van der Waals surface area contributed by atoms with E-state index in [0.717, 1.165) is 23.7 Å². The van der Waals surface area contributed by atoms with Crippen molar-refractivity contribution in [3.05, 3.63) is 80.8 Å². The largest absolute Gasteiger partial charge is 0.493 e. The van der Waals surface area contributed by atoms with Gasteiger partial charge in [0.05, 0.1) is 23.7 Å². The summed E-state index contributed by atoms with van der Waals surface area (Å²) in [5.74, 6) is 0.944. The molecule has 0 aliphatic carbocycles. The molecule has 2 aliphatic rings. The Morgan fingerprint density at radius 3 is 2.54 bits per heavy atom. The highest BCUT2D eigenvalue weighted by atomic mass is 35.5. The number of rotatable bonds is 7. The fourth-order valence-corrected chi connectivity index (χ4v) is 6.09. The Morgan fingerprint density at radius 2 is 1.81 bits per heavy atom. The van der Waals surface area contributed by atoms with Crippen molar-refractivity contribution in [3.8, 4) is 5.75 Å². The van der Waals surface area contributed by atoms with Crippen molar-refractivity contribution in [2.45, 2.75) is 45.6 Å². The zero-order valence-corrected chi connectivity index (χ0v) is 22.7. The molecule has 1 aromatic heterocycles. The number of likely N-dealkylation sites (tertiary alicyclic amines) is 1. The predicted molar refractivity (Wildman–Crippen MR) is 146 cm³/mol. The van der Waals surface area contributed by atoms with Crippen molar-refractivity contribution in [1.82, 2.24) is 14.8 Å². The van der Waals surface area contributed by atoms with E-state index in [0.29, 0.717) is 62.7 Å². The number of carbonyl (C=O) groups is 2. The Hall–Kier alpha value is -2.90. The lowest BCUT2D eigenvalue weighted by Gasteiger charge is -2.42. The van der Waals surface area contributed by atoms with E-state index in [1.54, 1.807) is 17.4 Å². The minimum atomic E-state index is -0.343. The Labute approximate surface area is 227 Å². The van der Waals surface area contributed by atoms with Crippen molar-refractivity contribution in [1.29, 1.82) is 0 Å². The molecule has 0 unspecified atom stereocenters. The van der Waals surface area contributed by atoms with E-state index in [9.17, 15) is 9.59 Å². The molecule has 2 amide bonds. The number of hydrogen-bond acceptors (Lipinski definition) is 5. The number of hydrogen-bond donors (Lipinski definition) is 0. The highest BCUT2D eigenvalue weighted by molar-refractivity contribution is 7.09. The Kier molecular flexibility index (Phi) is 7.81. The van der Waals surface area contributed by atoms with Crippen LogP contribution >= 0.6 is 22.9 Å². The fraction of sp³-hybridized carbons (Fsp3) is 0.414. The molecular formula is C29H32ClN3O3S. The molecule has 3 aromatic rings. The first-order chi connectivity index (χ1) is 17.9. The van der Waals surface area contributed by atoms with Crippen molar-refractivity contribution in [2.75, 3.05) is 26.2 Å². The van der Waals surface area contributed by atoms with E-state index in [1.807, 2.05) is 46.4 Å².